The zero-order chi connectivity index (χ0) is 21.8. The molecule has 1 heterocycles. The Morgan fingerprint density at radius 2 is 1.81 bits per heavy atom. The highest BCUT2D eigenvalue weighted by Gasteiger charge is 2.40. The number of halogens is 1. The number of carbonyl (C=O) groups excluding carboxylic acids is 2. The highest BCUT2D eigenvalue weighted by atomic mass is 35.5. The van der Waals surface area contributed by atoms with Crippen LogP contribution in [0.5, 0.6) is 11.5 Å². The highest BCUT2D eigenvalue weighted by molar-refractivity contribution is 5.95. The van der Waals surface area contributed by atoms with Crippen LogP contribution >= 0.6 is 12.4 Å². The van der Waals surface area contributed by atoms with Crippen LogP contribution in [-0.4, -0.2) is 42.2 Å². The van der Waals surface area contributed by atoms with Crippen LogP contribution in [0.2, 0.25) is 0 Å². The van der Waals surface area contributed by atoms with E-state index in [0.717, 1.165) is 24.0 Å². The zero-order valence-corrected chi connectivity index (χ0v) is 19.3. The molecule has 32 heavy (non-hydrogen) atoms. The summed E-state index contributed by atoms with van der Waals surface area (Å²) in [6, 6.07) is 14.7. The molecule has 2 aromatic rings. The van der Waals surface area contributed by atoms with E-state index in [0.29, 0.717) is 18.0 Å². The van der Waals surface area contributed by atoms with Crippen LogP contribution in [0, 0.1) is 0 Å². The molecule has 0 spiro atoms. The number of hydrogen-bond acceptors (Lipinski definition) is 5. The van der Waals surface area contributed by atoms with Crippen LogP contribution in [0.15, 0.2) is 48.5 Å². The van der Waals surface area contributed by atoms with Gasteiger partial charge in [-0.3, -0.25) is 4.79 Å². The monoisotopic (exact) mass is 459 g/mol. The molecule has 1 unspecified atom stereocenters. The SMILES string of the molecule is COc1ccc(C2CC(=O)N(C(=O)NCc3ccccc3)N2C)cc1OC1CCCC1.Cl. The van der Waals surface area contributed by atoms with E-state index in [2.05, 4.69) is 5.32 Å². The molecule has 0 bridgehead atoms. The zero-order valence-electron chi connectivity index (χ0n) is 18.5. The summed E-state index contributed by atoms with van der Waals surface area (Å²) in [5.41, 5.74) is 1.90. The van der Waals surface area contributed by atoms with Crippen molar-refractivity contribution in [2.75, 3.05) is 14.2 Å². The number of nitrogens with zero attached hydrogens (tertiary/aromatic N) is 2. The molecule has 1 saturated carbocycles. The number of hydrogen-bond donors (Lipinski definition) is 1. The summed E-state index contributed by atoms with van der Waals surface area (Å²) >= 11 is 0. The third-order valence-corrected chi connectivity index (χ3v) is 6.02. The minimum atomic E-state index is -0.421. The van der Waals surface area contributed by atoms with Gasteiger partial charge in [0.05, 0.1) is 25.7 Å². The number of nitrogens with one attached hydrogen (secondary N) is 1. The van der Waals surface area contributed by atoms with E-state index in [4.69, 9.17) is 9.47 Å². The van der Waals surface area contributed by atoms with Gasteiger partial charge in [0.15, 0.2) is 11.5 Å². The Morgan fingerprint density at radius 3 is 2.50 bits per heavy atom. The Morgan fingerprint density at radius 1 is 1.09 bits per heavy atom. The summed E-state index contributed by atoms with van der Waals surface area (Å²) in [7, 11) is 3.39. The number of urea groups is 1. The van der Waals surface area contributed by atoms with Gasteiger partial charge in [-0.25, -0.2) is 9.80 Å². The van der Waals surface area contributed by atoms with Crippen molar-refractivity contribution in [2.24, 2.45) is 0 Å². The van der Waals surface area contributed by atoms with Gasteiger partial charge in [-0.1, -0.05) is 36.4 Å². The normalized spacial score (nSPS) is 19.0. The molecule has 2 fully saturated rings. The second-order valence-electron chi connectivity index (χ2n) is 8.08. The molecule has 172 valence electrons. The average Bonchev–Trinajstić information content (AvgIpc) is 3.40. The van der Waals surface area contributed by atoms with E-state index in [-0.39, 0.29) is 36.9 Å². The first kappa shape index (κ1) is 23.9. The molecule has 2 aliphatic rings. The highest BCUT2D eigenvalue weighted by Crippen LogP contribution is 2.38. The smallest absolute Gasteiger partial charge is 0.339 e. The molecule has 0 radical (unpaired) electrons. The maximum absolute atomic E-state index is 12.7. The molecular formula is C24H30ClN3O4. The molecule has 7 nitrogen and oxygen atoms in total. The van der Waals surface area contributed by atoms with Crippen molar-refractivity contribution in [1.82, 2.24) is 15.3 Å². The third-order valence-electron chi connectivity index (χ3n) is 6.02. The van der Waals surface area contributed by atoms with Crippen molar-refractivity contribution in [3.8, 4) is 11.5 Å². The lowest BCUT2D eigenvalue weighted by Gasteiger charge is -2.27. The van der Waals surface area contributed by atoms with E-state index in [9.17, 15) is 9.59 Å². The van der Waals surface area contributed by atoms with E-state index in [1.807, 2.05) is 48.5 Å². The molecule has 8 heteroatoms. The van der Waals surface area contributed by atoms with Gasteiger partial charge in [0.1, 0.15) is 0 Å². The predicted octanol–water partition coefficient (Wildman–Crippen LogP) is 4.47. The van der Waals surface area contributed by atoms with E-state index < -0.39 is 6.03 Å². The van der Waals surface area contributed by atoms with E-state index >= 15 is 0 Å². The quantitative estimate of drug-likeness (QED) is 0.690. The topological polar surface area (TPSA) is 71.1 Å². The lowest BCUT2D eigenvalue weighted by Crippen LogP contribution is -2.47. The first-order chi connectivity index (χ1) is 15.1. The standard InChI is InChI=1S/C24H29N3O4.ClH/c1-26-20(15-23(28)27(26)24(29)25-16-17-8-4-3-5-9-17)18-12-13-21(30-2)22(14-18)31-19-10-6-7-11-19;/h3-5,8-9,12-14,19-20H,6-7,10-11,15-16H2,1-2H3,(H,25,29);1H. The van der Waals surface area contributed by atoms with Crippen molar-refractivity contribution in [3.05, 3.63) is 59.7 Å². The molecule has 0 aromatic heterocycles. The summed E-state index contributed by atoms with van der Waals surface area (Å²) < 4.78 is 11.7. The van der Waals surface area contributed by atoms with E-state index in [1.54, 1.807) is 19.2 Å². The fourth-order valence-electron chi connectivity index (χ4n) is 4.32. The molecule has 4 rings (SSSR count). The second-order valence-corrected chi connectivity index (χ2v) is 8.08. The maximum atomic E-state index is 12.7. The summed E-state index contributed by atoms with van der Waals surface area (Å²) in [5, 5.41) is 5.72. The van der Waals surface area contributed by atoms with Crippen LogP contribution in [0.1, 0.15) is 49.3 Å². The Hall–Kier alpha value is -2.77. The van der Waals surface area contributed by atoms with Gasteiger partial charge in [-0.15, -0.1) is 12.4 Å². The Labute approximate surface area is 195 Å². The molecule has 1 saturated heterocycles. The van der Waals surface area contributed by atoms with Gasteiger partial charge in [0.2, 0.25) is 5.91 Å². The molecule has 1 aliphatic carbocycles. The minimum absolute atomic E-state index is 0. The summed E-state index contributed by atoms with van der Waals surface area (Å²) in [5.74, 6) is 1.15. The van der Waals surface area contributed by atoms with Crippen LogP contribution in [0.4, 0.5) is 4.79 Å². The minimum Gasteiger partial charge on any atom is -0.493 e. The van der Waals surface area contributed by atoms with Crippen molar-refractivity contribution >= 4 is 24.3 Å². The van der Waals surface area contributed by atoms with Gasteiger partial charge in [-0.05, 0) is 48.9 Å². The Kier molecular flexibility index (Phi) is 7.99. The fourth-order valence-corrected chi connectivity index (χ4v) is 4.32. The Balaban J connectivity index is 0.00000289. The molecular weight excluding hydrogens is 430 g/mol. The summed E-state index contributed by atoms with van der Waals surface area (Å²) in [4.78, 5) is 25.4. The van der Waals surface area contributed by atoms with Crippen molar-refractivity contribution in [1.29, 1.82) is 0 Å². The number of amides is 3. The van der Waals surface area contributed by atoms with Crippen LogP contribution in [-0.2, 0) is 11.3 Å². The molecule has 3 amide bonds. The lowest BCUT2D eigenvalue weighted by atomic mass is 10.0. The van der Waals surface area contributed by atoms with Gasteiger partial charge in [-0.2, -0.15) is 5.01 Å². The number of imide groups is 1. The molecule has 1 aliphatic heterocycles. The van der Waals surface area contributed by atoms with Crippen LogP contribution < -0.4 is 14.8 Å². The van der Waals surface area contributed by atoms with Gasteiger partial charge >= 0.3 is 6.03 Å². The first-order valence-corrected chi connectivity index (χ1v) is 10.8. The van der Waals surface area contributed by atoms with Crippen molar-refractivity contribution < 1.29 is 19.1 Å². The fraction of sp³-hybridized carbons (Fsp3) is 0.417. The predicted molar refractivity (Wildman–Crippen MR) is 124 cm³/mol. The number of methoxy groups -OCH3 is 1. The number of hydrazine groups is 1. The number of carbonyl (C=O) groups is 2. The number of benzene rings is 2. The summed E-state index contributed by atoms with van der Waals surface area (Å²) in [6.07, 6.45) is 4.88. The van der Waals surface area contributed by atoms with Gasteiger partial charge in [0.25, 0.3) is 0 Å². The van der Waals surface area contributed by atoms with E-state index in [1.165, 1.54) is 17.9 Å². The number of ether oxygens (including phenoxy) is 2. The van der Waals surface area contributed by atoms with Gasteiger partial charge in [0, 0.05) is 13.6 Å². The number of rotatable bonds is 6. The summed E-state index contributed by atoms with van der Waals surface area (Å²) in [6.45, 7) is 0.365. The molecule has 1 N–H and O–H groups in total. The third kappa shape index (κ3) is 5.16. The average molecular weight is 460 g/mol. The largest absolute Gasteiger partial charge is 0.493 e. The second kappa shape index (κ2) is 10.7. The molecule has 2 aromatic carbocycles. The maximum Gasteiger partial charge on any atom is 0.339 e. The van der Waals surface area contributed by atoms with Gasteiger partial charge < -0.3 is 14.8 Å². The van der Waals surface area contributed by atoms with Crippen molar-refractivity contribution in [2.45, 2.75) is 50.8 Å². The van der Waals surface area contributed by atoms with Crippen LogP contribution in [0.3, 0.4) is 0 Å². The van der Waals surface area contributed by atoms with Crippen LogP contribution in [0.25, 0.3) is 0 Å². The lowest BCUT2D eigenvalue weighted by molar-refractivity contribution is -0.131. The Bertz CT molecular complexity index is 934. The van der Waals surface area contributed by atoms with Crippen molar-refractivity contribution in [3.63, 3.8) is 0 Å². The first-order valence-electron chi connectivity index (χ1n) is 10.8. The molecule has 1 atom stereocenters.